The van der Waals surface area contributed by atoms with Crippen LogP contribution in [-0.4, -0.2) is 25.7 Å². The molecule has 0 fully saturated rings. The van der Waals surface area contributed by atoms with Crippen LogP contribution in [0.15, 0.2) is 12.4 Å². The molecular formula is C12H14ClN5O. The van der Waals surface area contributed by atoms with Crippen LogP contribution in [-0.2, 0) is 13.6 Å². The summed E-state index contributed by atoms with van der Waals surface area (Å²) >= 11 is 5.69. The summed E-state index contributed by atoms with van der Waals surface area (Å²) in [5, 5.41) is 7.27. The quantitative estimate of drug-likeness (QED) is 0.922. The summed E-state index contributed by atoms with van der Waals surface area (Å²) in [6.45, 7) is 4.27. The van der Waals surface area contributed by atoms with Crippen molar-refractivity contribution in [2.24, 2.45) is 7.05 Å². The third-order valence-corrected chi connectivity index (χ3v) is 3.10. The number of halogens is 1. The Hall–Kier alpha value is -1.95. The lowest BCUT2D eigenvalue weighted by atomic mass is 10.2. The van der Waals surface area contributed by atoms with Crippen LogP contribution in [0.4, 0.5) is 0 Å². The standard InChI is InChI=1S/C12H14ClN5O/c1-7-9(8(2)18(3)17-7)4-15-12(19)10-5-14-6-11(13)16-10/h5-6H,4H2,1-3H3,(H,15,19). The lowest BCUT2D eigenvalue weighted by Gasteiger charge is -2.05. The van der Waals surface area contributed by atoms with Gasteiger partial charge in [-0.25, -0.2) is 4.98 Å². The zero-order chi connectivity index (χ0) is 14.0. The van der Waals surface area contributed by atoms with Crippen molar-refractivity contribution in [3.8, 4) is 0 Å². The predicted octanol–water partition coefficient (Wildman–Crippen LogP) is 1.41. The minimum absolute atomic E-state index is 0.196. The summed E-state index contributed by atoms with van der Waals surface area (Å²) in [6.07, 6.45) is 2.76. The number of hydrogen-bond donors (Lipinski definition) is 1. The summed E-state index contributed by atoms with van der Waals surface area (Å²) < 4.78 is 1.79. The number of rotatable bonds is 3. The van der Waals surface area contributed by atoms with E-state index in [0.717, 1.165) is 17.0 Å². The molecule has 0 aromatic carbocycles. The van der Waals surface area contributed by atoms with E-state index in [-0.39, 0.29) is 16.8 Å². The van der Waals surface area contributed by atoms with Crippen LogP contribution in [0, 0.1) is 13.8 Å². The fourth-order valence-corrected chi connectivity index (χ4v) is 1.93. The van der Waals surface area contributed by atoms with Crippen molar-refractivity contribution in [3.63, 3.8) is 0 Å². The first-order valence-corrected chi connectivity index (χ1v) is 6.11. The van der Waals surface area contributed by atoms with E-state index in [1.54, 1.807) is 4.68 Å². The Morgan fingerprint density at radius 1 is 1.42 bits per heavy atom. The van der Waals surface area contributed by atoms with Gasteiger partial charge in [0.25, 0.3) is 5.91 Å². The first-order valence-electron chi connectivity index (χ1n) is 5.74. The Labute approximate surface area is 115 Å². The average Bonchev–Trinajstić information content (AvgIpc) is 2.61. The lowest BCUT2D eigenvalue weighted by molar-refractivity contribution is 0.0945. The summed E-state index contributed by atoms with van der Waals surface area (Å²) in [4.78, 5) is 19.6. The molecule has 0 bridgehead atoms. The molecule has 1 amide bonds. The second-order valence-electron chi connectivity index (χ2n) is 4.18. The fourth-order valence-electron chi connectivity index (χ4n) is 1.78. The first-order chi connectivity index (χ1) is 8.99. The van der Waals surface area contributed by atoms with Gasteiger partial charge in [-0.15, -0.1) is 0 Å². The molecule has 0 spiro atoms. The van der Waals surface area contributed by atoms with Gasteiger partial charge < -0.3 is 5.32 Å². The maximum absolute atomic E-state index is 11.9. The van der Waals surface area contributed by atoms with Crippen molar-refractivity contribution < 1.29 is 4.79 Å². The molecule has 2 aromatic rings. The molecule has 0 aliphatic carbocycles. The molecule has 0 saturated carbocycles. The molecule has 100 valence electrons. The predicted molar refractivity (Wildman–Crippen MR) is 70.9 cm³/mol. The van der Waals surface area contributed by atoms with Gasteiger partial charge in [0.15, 0.2) is 0 Å². The molecule has 7 heteroatoms. The van der Waals surface area contributed by atoms with Gasteiger partial charge >= 0.3 is 0 Å². The molecule has 0 saturated heterocycles. The van der Waals surface area contributed by atoms with Crippen molar-refractivity contribution in [1.29, 1.82) is 0 Å². The largest absolute Gasteiger partial charge is 0.346 e. The smallest absolute Gasteiger partial charge is 0.271 e. The molecule has 19 heavy (non-hydrogen) atoms. The molecule has 2 rings (SSSR count). The number of carbonyl (C=O) groups excluding carboxylic acids is 1. The SMILES string of the molecule is Cc1nn(C)c(C)c1CNC(=O)c1cncc(Cl)n1. The first kappa shape index (κ1) is 13.5. The third-order valence-electron chi connectivity index (χ3n) is 2.92. The molecule has 2 heterocycles. The van der Waals surface area contributed by atoms with Gasteiger partial charge in [0.1, 0.15) is 10.8 Å². The molecule has 0 aliphatic rings. The van der Waals surface area contributed by atoms with Crippen molar-refractivity contribution in [1.82, 2.24) is 25.1 Å². The zero-order valence-corrected chi connectivity index (χ0v) is 11.7. The summed E-state index contributed by atoms with van der Waals surface area (Å²) in [7, 11) is 1.87. The Bertz CT molecular complexity index is 623. The molecular weight excluding hydrogens is 266 g/mol. The Kier molecular flexibility index (Phi) is 3.80. The molecule has 2 aromatic heterocycles. The summed E-state index contributed by atoms with van der Waals surface area (Å²) in [5.74, 6) is -0.308. The number of amides is 1. The van der Waals surface area contributed by atoms with Gasteiger partial charge in [0.2, 0.25) is 0 Å². The van der Waals surface area contributed by atoms with Crippen molar-refractivity contribution in [3.05, 3.63) is 40.2 Å². The number of nitrogens with one attached hydrogen (secondary N) is 1. The van der Waals surface area contributed by atoms with E-state index >= 15 is 0 Å². The van der Waals surface area contributed by atoms with E-state index in [2.05, 4.69) is 20.4 Å². The zero-order valence-electron chi connectivity index (χ0n) is 10.9. The van der Waals surface area contributed by atoms with Gasteiger partial charge in [-0.3, -0.25) is 14.5 Å². The second-order valence-corrected chi connectivity index (χ2v) is 4.57. The van der Waals surface area contributed by atoms with Crippen molar-refractivity contribution in [2.75, 3.05) is 0 Å². The molecule has 0 unspecified atom stereocenters. The second kappa shape index (κ2) is 5.36. The van der Waals surface area contributed by atoms with Crippen LogP contribution in [0.5, 0.6) is 0 Å². The monoisotopic (exact) mass is 279 g/mol. The van der Waals surface area contributed by atoms with E-state index in [1.165, 1.54) is 12.4 Å². The molecule has 0 aliphatic heterocycles. The van der Waals surface area contributed by atoms with Crippen LogP contribution in [0.2, 0.25) is 5.15 Å². The molecule has 0 radical (unpaired) electrons. The lowest BCUT2D eigenvalue weighted by Crippen LogP contribution is -2.24. The maximum Gasteiger partial charge on any atom is 0.271 e. The minimum atomic E-state index is -0.308. The summed E-state index contributed by atoms with van der Waals surface area (Å²) in [6, 6.07) is 0. The van der Waals surface area contributed by atoms with Crippen LogP contribution in [0.1, 0.15) is 27.4 Å². The van der Waals surface area contributed by atoms with E-state index in [0.29, 0.717) is 6.54 Å². The van der Waals surface area contributed by atoms with Crippen LogP contribution < -0.4 is 5.32 Å². The van der Waals surface area contributed by atoms with Crippen molar-refractivity contribution in [2.45, 2.75) is 20.4 Å². The number of nitrogens with zero attached hydrogens (tertiary/aromatic N) is 4. The average molecular weight is 280 g/mol. The highest BCUT2D eigenvalue weighted by atomic mass is 35.5. The van der Waals surface area contributed by atoms with E-state index in [4.69, 9.17) is 11.6 Å². The Morgan fingerprint density at radius 2 is 2.16 bits per heavy atom. The van der Waals surface area contributed by atoms with Crippen LogP contribution >= 0.6 is 11.6 Å². The van der Waals surface area contributed by atoms with Crippen LogP contribution in [0.25, 0.3) is 0 Å². The normalized spacial score (nSPS) is 10.5. The highest BCUT2D eigenvalue weighted by Crippen LogP contribution is 2.11. The van der Waals surface area contributed by atoms with E-state index < -0.39 is 0 Å². The topological polar surface area (TPSA) is 72.7 Å². The van der Waals surface area contributed by atoms with E-state index in [9.17, 15) is 4.79 Å². The Balaban J connectivity index is 2.09. The van der Waals surface area contributed by atoms with Gasteiger partial charge in [-0.2, -0.15) is 5.10 Å². The van der Waals surface area contributed by atoms with Gasteiger partial charge in [0.05, 0.1) is 18.1 Å². The number of aryl methyl sites for hydroxylation is 2. The number of hydrogen-bond acceptors (Lipinski definition) is 4. The minimum Gasteiger partial charge on any atom is -0.346 e. The van der Waals surface area contributed by atoms with E-state index in [1.807, 2.05) is 20.9 Å². The highest BCUT2D eigenvalue weighted by molar-refractivity contribution is 6.29. The fraction of sp³-hybridized carbons (Fsp3) is 0.333. The van der Waals surface area contributed by atoms with Gasteiger partial charge in [-0.1, -0.05) is 11.6 Å². The van der Waals surface area contributed by atoms with Crippen molar-refractivity contribution >= 4 is 17.5 Å². The summed E-state index contributed by atoms with van der Waals surface area (Å²) in [5.41, 5.74) is 3.13. The number of carbonyl (C=O) groups is 1. The van der Waals surface area contributed by atoms with Crippen LogP contribution in [0.3, 0.4) is 0 Å². The van der Waals surface area contributed by atoms with Gasteiger partial charge in [0, 0.05) is 24.8 Å². The number of aromatic nitrogens is 4. The molecule has 0 atom stereocenters. The molecule has 6 nitrogen and oxygen atoms in total. The maximum atomic E-state index is 11.9. The van der Waals surface area contributed by atoms with Gasteiger partial charge in [-0.05, 0) is 13.8 Å². The highest BCUT2D eigenvalue weighted by Gasteiger charge is 2.12. The third kappa shape index (κ3) is 2.90. The molecule has 1 N–H and O–H groups in total. The Morgan fingerprint density at radius 3 is 2.74 bits per heavy atom.